The van der Waals surface area contributed by atoms with Crippen molar-refractivity contribution >= 4 is 11.9 Å². The Morgan fingerprint density at radius 1 is 0.574 bits per heavy atom. The number of ether oxygens (including phenoxy) is 4. The van der Waals surface area contributed by atoms with Crippen molar-refractivity contribution in [1.29, 1.82) is 0 Å². The van der Waals surface area contributed by atoms with Crippen LogP contribution in [0.1, 0.15) is 80.1 Å². The van der Waals surface area contributed by atoms with E-state index < -0.39 is 73.4 Å². The van der Waals surface area contributed by atoms with Gasteiger partial charge in [-0.25, -0.2) is 9.59 Å². The van der Waals surface area contributed by atoms with Crippen LogP contribution in [-0.4, -0.2) is 126 Å². The summed E-state index contributed by atoms with van der Waals surface area (Å²) < 4.78 is 22.3. The fourth-order valence-corrected chi connectivity index (χ4v) is 9.32. The van der Waals surface area contributed by atoms with Gasteiger partial charge in [0.2, 0.25) is 0 Å². The summed E-state index contributed by atoms with van der Waals surface area (Å²) in [6, 6.07) is 0. The molecule has 4 saturated carbocycles. The van der Waals surface area contributed by atoms with Gasteiger partial charge >= 0.3 is 11.9 Å². The van der Waals surface area contributed by atoms with Crippen LogP contribution in [0.25, 0.3) is 0 Å². The molecule has 47 heavy (non-hydrogen) atoms. The van der Waals surface area contributed by atoms with Crippen LogP contribution in [0.4, 0.5) is 0 Å². The Labute approximate surface area is 287 Å². The Balaban J connectivity index is 0.000000208. The molecule has 6 aliphatic rings. The normalized spacial score (nSPS) is 50.7. The summed E-state index contributed by atoms with van der Waals surface area (Å²) in [5, 5.41) is 77.6. The molecule has 15 heteroatoms. The van der Waals surface area contributed by atoms with Crippen LogP contribution in [0, 0.1) is 33.5 Å². The van der Waals surface area contributed by atoms with Gasteiger partial charge in [0.25, 0.3) is 0 Å². The molecule has 4 bridgehead atoms. The number of carboxylic acids is 2. The second-order valence-electron chi connectivity index (χ2n) is 15.9. The monoisotopic (exact) mass is 724 g/mol. The first-order valence-corrected chi connectivity index (χ1v) is 16.3. The maximum atomic E-state index is 11.2. The van der Waals surface area contributed by atoms with Gasteiger partial charge in [-0.1, -0.05) is 41.5 Å². The molecule has 266 valence electrons. The minimum atomic E-state index is -1.69. The minimum absolute atomic E-state index is 0. The first-order valence-electron chi connectivity index (χ1n) is 16.3. The van der Waals surface area contributed by atoms with Crippen LogP contribution in [0.3, 0.4) is 0 Å². The fraction of sp³-hybridized carbons (Fsp3) is 0.938. The molecule has 0 aromatic heterocycles. The quantitative estimate of drug-likeness (QED) is 0.171. The second kappa shape index (κ2) is 13.4. The average Bonchev–Trinajstić information content (AvgIpc) is 3.50. The molecule has 4 aliphatic carbocycles. The van der Waals surface area contributed by atoms with Crippen molar-refractivity contribution in [3.05, 3.63) is 0 Å². The van der Waals surface area contributed by atoms with Gasteiger partial charge < -0.3 is 59.8 Å². The summed E-state index contributed by atoms with van der Waals surface area (Å²) in [5.41, 5.74) is 0.0319. The predicted octanol–water partition coefficient (Wildman–Crippen LogP) is 0.218. The standard InChI is InChI=1S/2C16H26O7.Zn/c2*1-15(2)7-4-5-16(15,3)8(6-7)22-14-11(19)9(17)10(18)12(23-14)13(20)21;/h2*7-12,14,17-19H,4-6H2,1-3H3,(H,20,21);/t2*7?,8?,9?,10?,11?,12?,14-,16?;/m11./s1. The van der Waals surface area contributed by atoms with Crippen molar-refractivity contribution in [2.75, 3.05) is 0 Å². The van der Waals surface area contributed by atoms with Crippen molar-refractivity contribution in [3.8, 4) is 0 Å². The van der Waals surface area contributed by atoms with E-state index in [0.717, 1.165) is 38.5 Å². The molecule has 14 unspecified atom stereocenters. The number of rotatable bonds is 6. The van der Waals surface area contributed by atoms with Crippen molar-refractivity contribution in [2.45, 2.75) is 154 Å². The first kappa shape index (κ1) is 39.0. The molecular formula is C32H52O14Zn. The van der Waals surface area contributed by atoms with Crippen LogP contribution in [-0.2, 0) is 48.0 Å². The van der Waals surface area contributed by atoms with E-state index in [1.165, 1.54) is 0 Å². The molecule has 6 fully saturated rings. The molecule has 8 N–H and O–H groups in total. The van der Waals surface area contributed by atoms with Gasteiger partial charge in [0.1, 0.15) is 36.6 Å². The topological polar surface area (TPSA) is 233 Å². The van der Waals surface area contributed by atoms with E-state index in [1.54, 1.807) is 0 Å². The van der Waals surface area contributed by atoms with E-state index in [0.29, 0.717) is 11.8 Å². The smallest absolute Gasteiger partial charge is 0.335 e. The van der Waals surface area contributed by atoms with E-state index in [4.69, 9.17) is 29.2 Å². The number of carboxylic acid groups (broad SMARTS) is 2. The predicted molar refractivity (Wildman–Crippen MR) is 157 cm³/mol. The molecule has 2 saturated heterocycles. The van der Waals surface area contributed by atoms with E-state index >= 15 is 0 Å². The van der Waals surface area contributed by atoms with Gasteiger partial charge in [-0.05, 0) is 72.0 Å². The number of fused-ring (bicyclic) bond motifs is 4. The van der Waals surface area contributed by atoms with Crippen LogP contribution < -0.4 is 0 Å². The number of hydrogen-bond donors (Lipinski definition) is 8. The maximum Gasteiger partial charge on any atom is 0.335 e. The Morgan fingerprint density at radius 3 is 1.13 bits per heavy atom. The molecule has 0 aromatic rings. The molecule has 6 rings (SSSR count). The molecule has 16 atom stereocenters. The molecule has 0 radical (unpaired) electrons. The van der Waals surface area contributed by atoms with Gasteiger partial charge in [0.05, 0.1) is 12.2 Å². The van der Waals surface area contributed by atoms with Crippen LogP contribution in [0.2, 0.25) is 0 Å². The minimum Gasteiger partial charge on any atom is -0.479 e. The first-order chi connectivity index (χ1) is 21.2. The molecule has 0 aromatic carbocycles. The largest absolute Gasteiger partial charge is 0.479 e. The number of carbonyl (C=O) groups is 2. The Bertz CT molecular complexity index is 1080. The van der Waals surface area contributed by atoms with E-state index in [-0.39, 0.29) is 53.3 Å². The van der Waals surface area contributed by atoms with Crippen molar-refractivity contribution in [2.24, 2.45) is 33.5 Å². The van der Waals surface area contributed by atoms with Crippen LogP contribution >= 0.6 is 0 Å². The third-order valence-electron chi connectivity index (χ3n) is 13.7. The average molecular weight is 726 g/mol. The van der Waals surface area contributed by atoms with Crippen molar-refractivity contribution in [1.82, 2.24) is 0 Å². The Kier molecular flexibility index (Phi) is 11.1. The molecule has 14 nitrogen and oxygen atoms in total. The molecule has 0 amide bonds. The van der Waals surface area contributed by atoms with E-state index in [9.17, 15) is 40.2 Å². The summed E-state index contributed by atoms with van der Waals surface area (Å²) in [6.45, 7) is 13.2. The third kappa shape index (κ3) is 6.13. The summed E-state index contributed by atoms with van der Waals surface area (Å²) in [7, 11) is 0. The Morgan fingerprint density at radius 2 is 0.894 bits per heavy atom. The number of aliphatic carboxylic acids is 2. The van der Waals surface area contributed by atoms with Gasteiger partial charge in [-0.15, -0.1) is 0 Å². The maximum absolute atomic E-state index is 11.2. The molecular weight excluding hydrogens is 674 g/mol. The SMILES string of the molecule is CC1(C)C2CCC1(C)C(O[C@@H]1OC(C(=O)O)C(O)C(O)C1O)C2.CC1(C)C2CCC1(C)C(O[C@@H]1OC(C(=O)O)C(O)C(O)C1O)C2.[Zn]. The Hall–Kier alpha value is -0.837. The molecule has 2 heterocycles. The summed E-state index contributed by atoms with van der Waals surface area (Å²) >= 11 is 0. The van der Waals surface area contributed by atoms with Gasteiger partial charge in [-0.2, -0.15) is 0 Å². The fourth-order valence-electron chi connectivity index (χ4n) is 9.32. The summed E-state index contributed by atoms with van der Waals surface area (Å²) in [5.74, 6) is -1.75. The van der Waals surface area contributed by atoms with Gasteiger partial charge in [0.15, 0.2) is 24.8 Å². The van der Waals surface area contributed by atoms with E-state index in [1.807, 2.05) is 0 Å². The number of aliphatic hydroxyl groups excluding tert-OH is 6. The van der Waals surface area contributed by atoms with Crippen molar-refractivity contribution in [3.63, 3.8) is 0 Å². The third-order valence-corrected chi connectivity index (χ3v) is 13.7. The van der Waals surface area contributed by atoms with Crippen LogP contribution in [0.15, 0.2) is 0 Å². The summed E-state index contributed by atoms with van der Waals surface area (Å²) in [6.07, 6.45) is -9.72. The number of hydrogen-bond acceptors (Lipinski definition) is 12. The summed E-state index contributed by atoms with van der Waals surface area (Å²) in [4.78, 5) is 22.3. The zero-order valence-corrected chi connectivity index (χ0v) is 31.0. The van der Waals surface area contributed by atoms with Crippen LogP contribution in [0.5, 0.6) is 0 Å². The molecule has 0 spiro atoms. The molecule has 2 aliphatic heterocycles. The zero-order valence-electron chi connectivity index (χ0n) is 28.1. The second-order valence-corrected chi connectivity index (χ2v) is 15.9. The van der Waals surface area contributed by atoms with E-state index in [2.05, 4.69) is 41.5 Å². The van der Waals surface area contributed by atoms with Gasteiger partial charge in [0, 0.05) is 19.5 Å². The van der Waals surface area contributed by atoms with Crippen molar-refractivity contribution < 1.29 is 88.9 Å². The number of aliphatic hydroxyl groups is 6. The van der Waals surface area contributed by atoms with Gasteiger partial charge in [-0.3, -0.25) is 0 Å². The zero-order chi connectivity index (χ0) is 34.3.